The third kappa shape index (κ3) is 7.23. The molecule has 0 heterocycles. The number of rotatable bonds is 7. The summed E-state index contributed by atoms with van der Waals surface area (Å²) in [5.74, 6) is -0.750. The van der Waals surface area contributed by atoms with Crippen molar-refractivity contribution in [3.8, 4) is 5.75 Å². The van der Waals surface area contributed by atoms with Crippen LogP contribution in [0.25, 0.3) is 0 Å². The maximum absolute atomic E-state index is 12.4. The fourth-order valence-electron chi connectivity index (χ4n) is 2.49. The van der Waals surface area contributed by atoms with Gasteiger partial charge in [0.25, 0.3) is 0 Å². The van der Waals surface area contributed by atoms with Crippen LogP contribution in [0.15, 0.2) is 59.5 Å². The van der Waals surface area contributed by atoms with E-state index in [1.165, 1.54) is 31.2 Å². The number of carbonyl (C=O) groups excluding carboxylic acids is 2. The second-order valence-corrected chi connectivity index (χ2v) is 9.03. The SMILES string of the molecule is CC(=O)NC(Cc1ccc(OS(=O)(=O)c2ccccc2)cc1)C(=O)OC(C)(C)C. The molecule has 0 radical (unpaired) electrons. The minimum absolute atomic E-state index is 0.0553. The van der Waals surface area contributed by atoms with Gasteiger partial charge in [-0.15, -0.1) is 0 Å². The first-order chi connectivity index (χ1) is 13.5. The Hall–Kier alpha value is -2.87. The maximum atomic E-state index is 12.4. The lowest BCUT2D eigenvalue weighted by Crippen LogP contribution is -2.44. The molecule has 1 N–H and O–H groups in total. The Morgan fingerprint density at radius 2 is 1.59 bits per heavy atom. The van der Waals surface area contributed by atoms with Gasteiger partial charge in [0.2, 0.25) is 5.91 Å². The zero-order chi connectivity index (χ0) is 21.7. The molecule has 1 amide bonds. The third-order valence-electron chi connectivity index (χ3n) is 3.67. The molecule has 0 aliphatic heterocycles. The van der Waals surface area contributed by atoms with Gasteiger partial charge in [0.1, 0.15) is 22.3 Å². The summed E-state index contributed by atoms with van der Waals surface area (Å²) in [6, 6.07) is 13.2. The van der Waals surface area contributed by atoms with E-state index in [4.69, 9.17) is 8.92 Å². The van der Waals surface area contributed by atoms with E-state index < -0.39 is 27.7 Å². The molecule has 0 spiro atoms. The highest BCUT2D eigenvalue weighted by Gasteiger charge is 2.26. The van der Waals surface area contributed by atoms with Crippen LogP contribution in [0.5, 0.6) is 5.75 Å². The minimum Gasteiger partial charge on any atom is -0.458 e. The average molecular weight is 419 g/mol. The Morgan fingerprint density at radius 3 is 2.10 bits per heavy atom. The van der Waals surface area contributed by atoms with Crippen LogP contribution < -0.4 is 9.50 Å². The van der Waals surface area contributed by atoms with Crippen molar-refractivity contribution in [1.82, 2.24) is 5.32 Å². The summed E-state index contributed by atoms with van der Waals surface area (Å²) in [4.78, 5) is 23.9. The Kier molecular flexibility index (Phi) is 7.02. The number of benzene rings is 2. The van der Waals surface area contributed by atoms with Gasteiger partial charge in [-0.3, -0.25) is 4.79 Å². The van der Waals surface area contributed by atoms with Gasteiger partial charge in [-0.05, 0) is 50.6 Å². The first-order valence-electron chi connectivity index (χ1n) is 9.05. The van der Waals surface area contributed by atoms with E-state index in [9.17, 15) is 18.0 Å². The number of ether oxygens (including phenoxy) is 1. The molecule has 2 rings (SSSR count). The van der Waals surface area contributed by atoms with Gasteiger partial charge in [-0.25, -0.2) is 4.79 Å². The van der Waals surface area contributed by atoms with Gasteiger partial charge in [-0.2, -0.15) is 8.42 Å². The van der Waals surface area contributed by atoms with Gasteiger partial charge in [0, 0.05) is 13.3 Å². The van der Waals surface area contributed by atoms with E-state index in [1.54, 1.807) is 51.1 Å². The third-order valence-corrected chi connectivity index (χ3v) is 4.93. The molecule has 0 aromatic heterocycles. The first kappa shape index (κ1) is 22.4. The second-order valence-electron chi connectivity index (χ2n) is 7.49. The lowest BCUT2D eigenvalue weighted by atomic mass is 10.1. The molecular weight excluding hydrogens is 394 g/mol. The van der Waals surface area contributed by atoms with Crippen LogP contribution in [-0.2, 0) is 30.9 Å². The highest BCUT2D eigenvalue weighted by atomic mass is 32.2. The molecule has 2 aromatic rings. The second kappa shape index (κ2) is 9.09. The van der Waals surface area contributed by atoms with Crippen LogP contribution in [0, 0.1) is 0 Å². The number of amides is 1. The van der Waals surface area contributed by atoms with Crippen LogP contribution in [0.3, 0.4) is 0 Å². The van der Waals surface area contributed by atoms with Crippen LogP contribution >= 0.6 is 0 Å². The molecule has 7 nitrogen and oxygen atoms in total. The number of hydrogen-bond donors (Lipinski definition) is 1. The van der Waals surface area contributed by atoms with Crippen molar-refractivity contribution in [2.75, 3.05) is 0 Å². The topological polar surface area (TPSA) is 98.8 Å². The molecule has 0 aliphatic carbocycles. The average Bonchev–Trinajstić information content (AvgIpc) is 2.61. The number of nitrogens with one attached hydrogen (secondary N) is 1. The monoisotopic (exact) mass is 419 g/mol. The zero-order valence-corrected chi connectivity index (χ0v) is 17.7. The van der Waals surface area contributed by atoms with Gasteiger partial charge in [0.15, 0.2) is 0 Å². The van der Waals surface area contributed by atoms with Crippen LogP contribution in [-0.4, -0.2) is 31.9 Å². The summed E-state index contributed by atoms with van der Waals surface area (Å²) >= 11 is 0. The molecule has 0 saturated carbocycles. The summed E-state index contributed by atoms with van der Waals surface area (Å²) in [6.07, 6.45) is 0.195. The van der Waals surface area contributed by atoms with Gasteiger partial charge >= 0.3 is 16.1 Å². The van der Waals surface area contributed by atoms with E-state index in [0.717, 1.165) is 0 Å². The summed E-state index contributed by atoms with van der Waals surface area (Å²) in [6.45, 7) is 6.56. The lowest BCUT2D eigenvalue weighted by molar-refractivity contribution is -0.158. The van der Waals surface area contributed by atoms with Crippen molar-refractivity contribution in [3.05, 3.63) is 60.2 Å². The van der Waals surface area contributed by atoms with Crippen LogP contribution in [0.4, 0.5) is 0 Å². The molecule has 29 heavy (non-hydrogen) atoms. The van der Waals surface area contributed by atoms with Crippen molar-refractivity contribution in [2.24, 2.45) is 0 Å². The van der Waals surface area contributed by atoms with Gasteiger partial charge in [0.05, 0.1) is 0 Å². The fraction of sp³-hybridized carbons (Fsp3) is 0.333. The largest absolute Gasteiger partial charge is 0.458 e. The molecule has 0 saturated heterocycles. The normalized spacial score (nSPS) is 12.7. The molecule has 8 heteroatoms. The quantitative estimate of drug-likeness (QED) is 0.547. The van der Waals surface area contributed by atoms with Crippen LogP contribution in [0.2, 0.25) is 0 Å². The predicted octanol–water partition coefficient (Wildman–Crippen LogP) is 2.84. The fourth-order valence-corrected chi connectivity index (χ4v) is 3.44. The number of hydrogen-bond acceptors (Lipinski definition) is 6. The van der Waals surface area contributed by atoms with Crippen molar-refractivity contribution < 1.29 is 26.9 Å². The molecular formula is C21H25NO6S. The van der Waals surface area contributed by atoms with Crippen LogP contribution in [0.1, 0.15) is 33.3 Å². The van der Waals surface area contributed by atoms with E-state index in [1.807, 2.05) is 0 Å². The Labute approximate surface area is 171 Å². The Morgan fingerprint density at radius 1 is 1.00 bits per heavy atom. The standard InChI is InChI=1S/C21H25NO6S/c1-15(23)22-19(20(24)27-21(2,3)4)14-16-10-12-17(13-11-16)28-29(25,26)18-8-6-5-7-9-18/h5-13,19H,14H2,1-4H3,(H,22,23). The highest BCUT2D eigenvalue weighted by molar-refractivity contribution is 7.87. The van der Waals surface area contributed by atoms with Crippen molar-refractivity contribution in [3.63, 3.8) is 0 Å². The molecule has 0 bridgehead atoms. The van der Waals surface area contributed by atoms with E-state index >= 15 is 0 Å². The number of esters is 1. The Balaban J connectivity index is 2.11. The van der Waals surface area contributed by atoms with Crippen molar-refractivity contribution in [2.45, 2.75) is 50.7 Å². The lowest BCUT2D eigenvalue weighted by Gasteiger charge is -2.24. The highest BCUT2D eigenvalue weighted by Crippen LogP contribution is 2.20. The first-order valence-corrected chi connectivity index (χ1v) is 10.5. The molecule has 1 atom stereocenters. The van der Waals surface area contributed by atoms with E-state index in [0.29, 0.717) is 5.56 Å². The summed E-state index contributed by atoms with van der Waals surface area (Å²) in [5.41, 5.74) is 0.0242. The Bertz CT molecular complexity index is 947. The zero-order valence-electron chi connectivity index (χ0n) is 16.8. The molecule has 0 fully saturated rings. The minimum atomic E-state index is -3.93. The molecule has 156 valence electrons. The molecule has 2 aromatic carbocycles. The van der Waals surface area contributed by atoms with Crippen molar-refractivity contribution in [1.29, 1.82) is 0 Å². The number of carbonyl (C=O) groups is 2. The summed E-state index contributed by atoms with van der Waals surface area (Å²) in [5, 5.41) is 2.58. The van der Waals surface area contributed by atoms with Gasteiger partial charge in [-0.1, -0.05) is 30.3 Å². The summed E-state index contributed by atoms with van der Waals surface area (Å²) in [7, 11) is -3.93. The van der Waals surface area contributed by atoms with Gasteiger partial charge < -0.3 is 14.2 Å². The predicted molar refractivity (Wildman–Crippen MR) is 108 cm³/mol. The maximum Gasteiger partial charge on any atom is 0.339 e. The molecule has 0 aliphatic rings. The van der Waals surface area contributed by atoms with Crippen molar-refractivity contribution >= 4 is 22.0 Å². The summed E-state index contributed by atoms with van der Waals surface area (Å²) < 4.78 is 35.0. The van der Waals surface area contributed by atoms with E-state index in [-0.39, 0.29) is 23.0 Å². The van der Waals surface area contributed by atoms with E-state index in [2.05, 4.69) is 5.32 Å². The smallest absolute Gasteiger partial charge is 0.339 e. The molecule has 1 unspecified atom stereocenters.